The van der Waals surface area contributed by atoms with Crippen LogP contribution in [0.4, 0.5) is 0 Å². The number of rotatable bonds is 8. The average molecular weight is 421 g/mol. The van der Waals surface area contributed by atoms with Crippen molar-refractivity contribution in [3.8, 4) is 0 Å². The van der Waals surface area contributed by atoms with E-state index in [-0.39, 0.29) is 30.4 Å². The van der Waals surface area contributed by atoms with Gasteiger partial charge >= 0.3 is 0 Å². The number of hydrogen-bond acceptors (Lipinski definition) is 3. The van der Waals surface area contributed by atoms with E-state index in [2.05, 4.69) is 29.6 Å². The Bertz CT molecular complexity index is 909. The first kappa shape index (κ1) is 21.9. The van der Waals surface area contributed by atoms with Gasteiger partial charge in [0.15, 0.2) is 0 Å². The zero-order valence-electron chi connectivity index (χ0n) is 17.6. The van der Waals surface area contributed by atoms with Crippen LogP contribution in [0.15, 0.2) is 95.7 Å². The maximum atomic E-state index is 11.5. The number of nitrogens with one attached hydrogen (secondary N) is 1. The summed E-state index contributed by atoms with van der Waals surface area (Å²) in [4.78, 5) is 11.5. The molecule has 2 N–H and O–H groups in total. The van der Waals surface area contributed by atoms with Gasteiger partial charge in [-0.25, -0.2) is 0 Å². The van der Waals surface area contributed by atoms with Crippen LogP contribution in [-0.2, 0) is 9.53 Å². The summed E-state index contributed by atoms with van der Waals surface area (Å²) in [5, 5.41) is 17.1. The van der Waals surface area contributed by atoms with Crippen molar-refractivity contribution >= 4 is 24.4 Å². The zero-order valence-corrected chi connectivity index (χ0v) is 18.5. The third kappa shape index (κ3) is 5.40. The summed E-state index contributed by atoms with van der Waals surface area (Å²) < 4.78 is 5.74. The third-order valence-corrected chi connectivity index (χ3v) is 7.39. The highest BCUT2D eigenvalue weighted by molar-refractivity contribution is 7.77. The van der Waals surface area contributed by atoms with Crippen LogP contribution in [0, 0.1) is 5.92 Å². The summed E-state index contributed by atoms with van der Waals surface area (Å²) in [6.07, 6.45) is 5.88. The molecule has 2 aromatic carbocycles. The first-order chi connectivity index (χ1) is 14.5. The molecule has 0 aliphatic heterocycles. The normalized spacial score (nSPS) is 15.8. The Kier molecular flexibility index (Phi) is 7.48. The van der Waals surface area contributed by atoms with Crippen molar-refractivity contribution in [1.82, 2.24) is 5.32 Å². The molecule has 156 valence electrons. The lowest BCUT2D eigenvalue weighted by atomic mass is 10.1. The molecule has 0 saturated carbocycles. The number of ether oxygens (including phenoxy) is 1. The molecule has 30 heavy (non-hydrogen) atoms. The van der Waals surface area contributed by atoms with Gasteiger partial charge in [-0.05, 0) is 35.8 Å². The number of allylic oxidation sites excluding steroid dienone is 5. The van der Waals surface area contributed by atoms with Gasteiger partial charge in [-0.2, -0.15) is 0 Å². The predicted octanol–water partition coefficient (Wildman–Crippen LogP) is 4.52. The Morgan fingerprint density at radius 2 is 1.60 bits per heavy atom. The molecular weight excluding hydrogens is 393 g/mol. The van der Waals surface area contributed by atoms with Gasteiger partial charge in [0, 0.05) is 6.92 Å². The van der Waals surface area contributed by atoms with E-state index < -0.39 is 7.92 Å². The summed E-state index contributed by atoms with van der Waals surface area (Å²) in [7, 11) is -0.845. The van der Waals surface area contributed by atoms with Crippen LogP contribution in [0.3, 0.4) is 0 Å². The van der Waals surface area contributed by atoms with Gasteiger partial charge in [-0.15, -0.1) is 0 Å². The van der Waals surface area contributed by atoms with E-state index in [9.17, 15) is 9.90 Å². The van der Waals surface area contributed by atoms with E-state index in [1.165, 1.54) is 17.5 Å². The molecular formula is C25H28NO3P. The summed E-state index contributed by atoms with van der Waals surface area (Å²) in [6, 6.07) is 20.5. The summed E-state index contributed by atoms with van der Waals surface area (Å²) >= 11 is 0. The lowest BCUT2D eigenvalue weighted by Crippen LogP contribution is -2.40. The molecule has 0 unspecified atom stereocenters. The number of aliphatic hydroxyl groups excluding tert-OH is 1. The Hall–Kier alpha value is -2.84. The van der Waals surface area contributed by atoms with Gasteiger partial charge in [0.2, 0.25) is 5.91 Å². The average Bonchev–Trinajstić information content (AvgIpc) is 3.21. The quantitative estimate of drug-likeness (QED) is 0.487. The minimum Gasteiger partial charge on any atom is -0.481 e. The lowest BCUT2D eigenvalue weighted by Gasteiger charge is -2.24. The molecule has 1 aliphatic rings. The van der Waals surface area contributed by atoms with Crippen molar-refractivity contribution in [2.45, 2.75) is 26.8 Å². The van der Waals surface area contributed by atoms with Crippen molar-refractivity contribution < 1.29 is 14.6 Å². The molecule has 0 aromatic heterocycles. The highest BCUT2D eigenvalue weighted by Crippen LogP contribution is 2.49. The van der Waals surface area contributed by atoms with Crippen molar-refractivity contribution in [2.75, 3.05) is 6.61 Å². The molecule has 0 radical (unpaired) electrons. The topological polar surface area (TPSA) is 58.6 Å². The number of carbonyl (C=O) groups is 1. The van der Waals surface area contributed by atoms with Gasteiger partial charge in [-0.3, -0.25) is 4.79 Å². The van der Waals surface area contributed by atoms with Crippen LogP contribution in [0.25, 0.3) is 0 Å². The molecule has 5 heteroatoms. The third-order valence-electron chi connectivity index (χ3n) is 4.89. The van der Waals surface area contributed by atoms with Crippen LogP contribution in [-0.4, -0.2) is 23.7 Å². The van der Waals surface area contributed by atoms with E-state index in [1.807, 2.05) is 68.5 Å². The Morgan fingerprint density at radius 3 is 2.10 bits per heavy atom. The maximum Gasteiger partial charge on any atom is 0.284 e. The second-order valence-electron chi connectivity index (χ2n) is 7.50. The SMILES string of the molecule is CC(=O)N[C@H](CO/C(O)=C1/C=CC=C1P(c1ccccc1)c1ccccc1)C(C)C. The molecule has 0 bridgehead atoms. The molecule has 0 saturated heterocycles. The molecule has 1 atom stereocenters. The summed E-state index contributed by atoms with van der Waals surface area (Å²) in [5.74, 6) is -0.0283. The highest BCUT2D eigenvalue weighted by atomic mass is 31.1. The fourth-order valence-electron chi connectivity index (χ4n) is 3.28. The minimum atomic E-state index is -0.845. The molecule has 0 heterocycles. The zero-order chi connectivity index (χ0) is 21.5. The van der Waals surface area contributed by atoms with E-state index in [0.29, 0.717) is 5.57 Å². The minimum absolute atomic E-state index is 0.106. The molecule has 3 rings (SSSR count). The number of benzene rings is 2. The standard InChI is InChI=1S/C25H28NO3P/c1-18(2)23(26-19(3)27)17-29-25(28)22-15-10-16-24(22)30(20-11-6-4-7-12-20)21-13-8-5-9-14-21/h4-16,18,23,28H,17H2,1-3H3,(H,26,27)/b25-22-/t23-/m1/s1. The van der Waals surface area contributed by atoms with Gasteiger partial charge < -0.3 is 15.2 Å². The molecule has 2 aromatic rings. The molecule has 1 aliphatic carbocycles. The Balaban J connectivity index is 1.89. The second-order valence-corrected chi connectivity index (χ2v) is 9.68. The van der Waals surface area contributed by atoms with Crippen molar-refractivity contribution in [2.24, 2.45) is 5.92 Å². The van der Waals surface area contributed by atoms with Gasteiger partial charge in [-0.1, -0.05) is 86.7 Å². The van der Waals surface area contributed by atoms with Crippen LogP contribution in [0.5, 0.6) is 0 Å². The number of aliphatic hydroxyl groups is 1. The lowest BCUT2D eigenvalue weighted by molar-refractivity contribution is -0.120. The van der Waals surface area contributed by atoms with Crippen LogP contribution < -0.4 is 15.9 Å². The first-order valence-electron chi connectivity index (χ1n) is 10.1. The predicted molar refractivity (Wildman–Crippen MR) is 124 cm³/mol. The summed E-state index contributed by atoms with van der Waals surface area (Å²) in [5.41, 5.74) is 0.694. The molecule has 1 amide bonds. The highest BCUT2D eigenvalue weighted by Gasteiger charge is 2.26. The fraction of sp³-hybridized carbons (Fsp3) is 0.240. The molecule has 0 fully saturated rings. The van der Waals surface area contributed by atoms with Crippen molar-refractivity contribution in [1.29, 1.82) is 0 Å². The van der Waals surface area contributed by atoms with E-state index in [0.717, 1.165) is 5.31 Å². The first-order valence-corrected chi connectivity index (χ1v) is 11.4. The number of amides is 1. The van der Waals surface area contributed by atoms with Crippen LogP contribution >= 0.6 is 7.92 Å². The largest absolute Gasteiger partial charge is 0.481 e. The number of hydrogen-bond donors (Lipinski definition) is 2. The molecule has 4 nitrogen and oxygen atoms in total. The number of carbonyl (C=O) groups excluding carboxylic acids is 1. The van der Waals surface area contributed by atoms with Crippen molar-refractivity contribution in [3.05, 3.63) is 95.7 Å². The maximum absolute atomic E-state index is 11.5. The van der Waals surface area contributed by atoms with Gasteiger partial charge in [0.25, 0.3) is 5.95 Å². The van der Waals surface area contributed by atoms with Gasteiger partial charge in [0.1, 0.15) is 6.61 Å². The van der Waals surface area contributed by atoms with E-state index in [1.54, 1.807) is 0 Å². The second kappa shape index (κ2) is 10.3. The Labute approximate surface area is 179 Å². The summed E-state index contributed by atoms with van der Waals surface area (Å²) in [6.45, 7) is 5.72. The monoisotopic (exact) mass is 421 g/mol. The smallest absolute Gasteiger partial charge is 0.284 e. The van der Waals surface area contributed by atoms with Crippen molar-refractivity contribution in [3.63, 3.8) is 0 Å². The van der Waals surface area contributed by atoms with Gasteiger partial charge in [0.05, 0.1) is 11.6 Å². The van der Waals surface area contributed by atoms with E-state index in [4.69, 9.17) is 4.74 Å². The Morgan fingerprint density at radius 1 is 1.03 bits per heavy atom. The molecule has 0 spiro atoms. The van der Waals surface area contributed by atoms with Crippen LogP contribution in [0.1, 0.15) is 20.8 Å². The van der Waals surface area contributed by atoms with Crippen LogP contribution in [0.2, 0.25) is 0 Å². The fourth-order valence-corrected chi connectivity index (χ4v) is 5.72. The van der Waals surface area contributed by atoms with E-state index >= 15 is 0 Å².